The minimum absolute atomic E-state index is 0.686. The Morgan fingerprint density at radius 2 is 1.84 bits per heavy atom. The molecule has 100 valence electrons. The number of likely N-dealkylation sites (tertiary alicyclic amines) is 1. The predicted octanol–water partition coefficient (Wildman–Crippen LogP) is 2.24. The average Bonchev–Trinajstić information content (AvgIpc) is 2.85. The lowest BCUT2D eigenvalue weighted by Gasteiger charge is -2.20. The fourth-order valence-electron chi connectivity index (χ4n) is 2.69. The van der Waals surface area contributed by atoms with E-state index < -0.39 is 0 Å². The highest BCUT2D eigenvalue weighted by atomic mass is 15.5. The van der Waals surface area contributed by atoms with Gasteiger partial charge in [-0.2, -0.15) is 5.21 Å². The van der Waals surface area contributed by atoms with E-state index >= 15 is 0 Å². The molecule has 0 amide bonds. The van der Waals surface area contributed by atoms with Crippen molar-refractivity contribution < 1.29 is 0 Å². The first-order chi connectivity index (χ1) is 9.43. The summed E-state index contributed by atoms with van der Waals surface area (Å²) in [5.41, 5.74) is 2.37. The monoisotopic (exact) mass is 257 g/mol. The Kier molecular flexibility index (Phi) is 3.83. The zero-order valence-electron chi connectivity index (χ0n) is 11.0. The summed E-state index contributed by atoms with van der Waals surface area (Å²) in [6.07, 6.45) is 5.35. The van der Waals surface area contributed by atoms with Crippen LogP contribution in [0.1, 0.15) is 31.2 Å². The van der Waals surface area contributed by atoms with Crippen molar-refractivity contribution in [3.63, 3.8) is 0 Å². The van der Waals surface area contributed by atoms with E-state index in [4.69, 9.17) is 0 Å². The maximum Gasteiger partial charge on any atom is 0.204 e. The molecule has 0 unspecified atom stereocenters. The smallest absolute Gasteiger partial charge is 0.204 e. The van der Waals surface area contributed by atoms with Crippen molar-refractivity contribution in [1.82, 2.24) is 25.5 Å². The van der Waals surface area contributed by atoms with Gasteiger partial charge in [0.05, 0.1) is 0 Å². The van der Waals surface area contributed by atoms with Crippen LogP contribution < -0.4 is 0 Å². The molecule has 1 N–H and O–H groups in total. The van der Waals surface area contributed by atoms with Crippen LogP contribution in [-0.2, 0) is 6.54 Å². The number of hydrogen-bond donors (Lipinski definition) is 1. The second-order valence-electron chi connectivity index (χ2n) is 5.08. The molecule has 0 bridgehead atoms. The number of nitrogens with one attached hydrogen (secondary N) is 1. The van der Waals surface area contributed by atoms with E-state index in [0.29, 0.717) is 5.82 Å². The van der Waals surface area contributed by atoms with E-state index in [0.717, 1.165) is 12.1 Å². The number of hydrogen-bond acceptors (Lipinski definition) is 4. The largest absolute Gasteiger partial charge is 0.299 e. The summed E-state index contributed by atoms with van der Waals surface area (Å²) < 4.78 is 0. The molecule has 1 fully saturated rings. The van der Waals surface area contributed by atoms with Crippen LogP contribution in [0.5, 0.6) is 0 Å². The van der Waals surface area contributed by atoms with Gasteiger partial charge < -0.3 is 0 Å². The third-order valence-electron chi connectivity index (χ3n) is 3.70. The summed E-state index contributed by atoms with van der Waals surface area (Å²) in [6.45, 7) is 3.37. The van der Waals surface area contributed by atoms with Crippen molar-refractivity contribution in [2.24, 2.45) is 0 Å². The molecule has 2 heterocycles. The van der Waals surface area contributed by atoms with E-state index in [2.05, 4.69) is 43.7 Å². The molecule has 0 aliphatic carbocycles. The quantitative estimate of drug-likeness (QED) is 0.916. The molecule has 1 saturated heterocycles. The average molecular weight is 257 g/mol. The van der Waals surface area contributed by atoms with Gasteiger partial charge in [0.25, 0.3) is 0 Å². The standard InChI is InChI=1S/C14H19N5/c1-2-6-10-19(9-5-1)11-12-7-3-4-8-13(12)14-15-17-18-16-14/h3-4,7-8H,1-2,5-6,9-11H2,(H,15,16,17,18). The summed E-state index contributed by atoms with van der Waals surface area (Å²) in [7, 11) is 0. The van der Waals surface area contributed by atoms with Crippen molar-refractivity contribution in [1.29, 1.82) is 0 Å². The van der Waals surface area contributed by atoms with Crippen LogP contribution in [0, 0.1) is 0 Å². The SMILES string of the molecule is c1ccc(-c2nn[nH]n2)c(CN2CCCCCC2)c1. The van der Waals surface area contributed by atoms with Crippen LogP contribution in [0.25, 0.3) is 11.4 Å². The summed E-state index contributed by atoms with van der Waals surface area (Å²) in [6, 6.07) is 8.34. The molecule has 0 spiro atoms. The molecule has 1 aromatic heterocycles. The Hall–Kier alpha value is -1.75. The predicted molar refractivity (Wildman–Crippen MR) is 73.4 cm³/mol. The molecule has 1 aliphatic heterocycles. The summed E-state index contributed by atoms with van der Waals surface area (Å²) in [5, 5.41) is 14.4. The normalized spacial score (nSPS) is 17.3. The number of rotatable bonds is 3. The Bertz CT molecular complexity index is 500. The number of nitrogens with zero attached hydrogens (tertiary/aromatic N) is 4. The van der Waals surface area contributed by atoms with Crippen LogP contribution in [0.4, 0.5) is 0 Å². The van der Waals surface area contributed by atoms with Crippen LogP contribution in [-0.4, -0.2) is 38.6 Å². The highest BCUT2D eigenvalue weighted by molar-refractivity contribution is 5.59. The van der Waals surface area contributed by atoms with Gasteiger partial charge >= 0.3 is 0 Å². The number of tetrazole rings is 1. The highest BCUT2D eigenvalue weighted by Gasteiger charge is 2.13. The third-order valence-corrected chi connectivity index (χ3v) is 3.70. The molecule has 0 saturated carbocycles. The van der Waals surface area contributed by atoms with Crippen LogP contribution >= 0.6 is 0 Å². The minimum Gasteiger partial charge on any atom is -0.299 e. The molecule has 19 heavy (non-hydrogen) atoms. The molecule has 2 aromatic rings. The van der Waals surface area contributed by atoms with E-state index in [1.807, 2.05) is 6.07 Å². The number of H-pyrrole nitrogens is 1. The van der Waals surface area contributed by atoms with Gasteiger partial charge in [-0.3, -0.25) is 4.90 Å². The van der Waals surface area contributed by atoms with Crippen LogP contribution in [0.3, 0.4) is 0 Å². The van der Waals surface area contributed by atoms with Gasteiger partial charge in [0, 0.05) is 12.1 Å². The first kappa shape index (κ1) is 12.3. The summed E-state index contributed by atoms with van der Waals surface area (Å²) in [5.74, 6) is 0.686. The third kappa shape index (κ3) is 2.98. The second-order valence-corrected chi connectivity index (χ2v) is 5.08. The van der Waals surface area contributed by atoms with Crippen LogP contribution in [0.2, 0.25) is 0 Å². The van der Waals surface area contributed by atoms with Gasteiger partial charge in [0.2, 0.25) is 5.82 Å². The Balaban J connectivity index is 1.80. The summed E-state index contributed by atoms with van der Waals surface area (Å²) in [4.78, 5) is 2.53. The van der Waals surface area contributed by atoms with E-state index in [1.54, 1.807) is 0 Å². The number of aromatic nitrogens is 4. The summed E-state index contributed by atoms with van der Waals surface area (Å²) >= 11 is 0. The van der Waals surface area contributed by atoms with E-state index in [9.17, 15) is 0 Å². The van der Waals surface area contributed by atoms with Gasteiger partial charge in [-0.1, -0.05) is 37.1 Å². The molecule has 5 heteroatoms. The Morgan fingerprint density at radius 1 is 1.05 bits per heavy atom. The molecule has 5 nitrogen and oxygen atoms in total. The van der Waals surface area contributed by atoms with Crippen molar-refractivity contribution >= 4 is 0 Å². The molecule has 1 aromatic carbocycles. The second kappa shape index (κ2) is 5.93. The van der Waals surface area contributed by atoms with Crippen molar-refractivity contribution in [2.45, 2.75) is 32.2 Å². The van der Waals surface area contributed by atoms with Crippen LogP contribution in [0.15, 0.2) is 24.3 Å². The Labute approximate surface area is 113 Å². The Morgan fingerprint density at radius 3 is 2.58 bits per heavy atom. The molecular formula is C14H19N5. The van der Waals surface area contributed by atoms with Gasteiger partial charge in [0.15, 0.2) is 0 Å². The number of benzene rings is 1. The van der Waals surface area contributed by atoms with Gasteiger partial charge in [-0.25, -0.2) is 0 Å². The number of aromatic amines is 1. The van der Waals surface area contributed by atoms with Crippen molar-refractivity contribution in [3.8, 4) is 11.4 Å². The van der Waals surface area contributed by atoms with Gasteiger partial charge in [0.1, 0.15) is 0 Å². The van der Waals surface area contributed by atoms with E-state index in [-0.39, 0.29) is 0 Å². The first-order valence-corrected chi connectivity index (χ1v) is 6.97. The topological polar surface area (TPSA) is 57.7 Å². The lowest BCUT2D eigenvalue weighted by molar-refractivity contribution is 0.277. The maximum atomic E-state index is 4.09. The molecule has 3 rings (SSSR count). The molecule has 1 aliphatic rings. The maximum absolute atomic E-state index is 4.09. The van der Waals surface area contributed by atoms with Gasteiger partial charge in [-0.05, 0) is 36.7 Å². The minimum atomic E-state index is 0.686. The van der Waals surface area contributed by atoms with Gasteiger partial charge in [-0.15, -0.1) is 10.2 Å². The van der Waals surface area contributed by atoms with Crippen molar-refractivity contribution in [3.05, 3.63) is 29.8 Å². The zero-order valence-corrected chi connectivity index (χ0v) is 11.0. The zero-order chi connectivity index (χ0) is 12.9. The first-order valence-electron chi connectivity index (χ1n) is 6.97. The molecule has 0 atom stereocenters. The fraction of sp³-hybridized carbons (Fsp3) is 0.500. The van der Waals surface area contributed by atoms with Crippen molar-refractivity contribution in [2.75, 3.05) is 13.1 Å². The lowest BCUT2D eigenvalue weighted by atomic mass is 10.1. The van der Waals surface area contributed by atoms with E-state index in [1.165, 1.54) is 44.3 Å². The highest BCUT2D eigenvalue weighted by Crippen LogP contribution is 2.22. The lowest BCUT2D eigenvalue weighted by Crippen LogP contribution is -2.24. The molecule has 0 radical (unpaired) electrons. The fourth-order valence-corrected chi connectivity index (χ4v) is 2.69. The molecular weight excluding hydrogens is 238 g/mol.